The van der Waals surface area contributed by atoms with E-state index in [0.717, 1.165) is 51.4 Å². The second kappa shape index (κ2) is 13.1. The van der Waals surface area contributed by atoms with Gasteiger partial charge in [-0.1, -0.05) is 64.2 Å². The smallest absolute Gasteiger partial charge is 0.343 e. The maximum atomic E-state index is 14.8. The van der Waals surface area contributed by atoms with Gasteiger partial charge in [-0.05, 0) is 72.6 Å². The molecule has 0 spiro atoms. The highest BCUT2D eigenvalue weighted by Crippen LogP contribution is 2.38. The molecule has 0 aromatic heterocycles. The van der Waals surface area contributed by atoms with E-state index >= 15 is 0 Å². The van der Waals surface area contributed by atoms with Crippen LogP contribution in [-0.2, 0) is 0 Å². The van der Waals surface area contributed by atoms with E-state index in [9.17, 15) is 22.4 Å². The molecule has 0 saturated heterocycles. The lowest BCUT2D eigenvalue weighted by Crippen LogP contribution is -2.14. The summed E-state index contributed by atoms with van der Waals surface area (Å²) >= 11 is 0. The molecule has 39 heavy (non-hydrogen) atoms. The molecule has 1 fully saturated rings. The number of hydrogen-bond acceptors (Lipinski definition) is 3. The van der Waals surface area contributed by atoms with Crippen molar-refractivity contribution < 1.29 is 31.8 Å². The Balaban J connectivity index is 1.42. The summed E-state index contributed by atoms with van der Waals surface area (Å²) in [5.74, 6) is -5.31. The summed E-state index contributed by atoms with van der Waals surface area (Å²) in [5.41, 5.74) is 0.704. The van der Waals surface area contributed by atoms with Crippen LogP contribution in [0.3, 0.4) is 0 Å². The van der Waals surface area contributed by atoms with Gasteiger partial charge in [0.2, 0.25) is 11.6 Å². The SMILES string of the molecule is CCCCCCOc1ccc(-c2ccc(C(=O)Oc3ccc(C4CCC(C)CC4)c(F)c3F)cc2)c(F)c1F. The Labute approximate surface area is 227 Å². The van der Waals surface area contributed by atoms with Crippen molar-refractivity contribution in [1.82, 2.24) is 0 Å². The third-order valence-electron chi connectivity index (χ3n) is 7.47. The van der Waals surface area contributed by atoms with Gasteiger partial charge >= 0.3 is 5.97 Å². The summed E-state index contributed by atoms with van der Waals surface area (Å²) in [6, 6.07) is 11.2. The zero-order valence-electron chi connectivity index (χ0n) is 22.4. The molecule has 7 heteroatoms. The van der Waals surface area contributed by atoms with E-state index in [1.165, 1.54) is 48.5 Å². The van der Waals surface area contributed by atoms with Crippen LogP contribution in [0.4, 0.5) is 17.6 Å². The lowest BCUT2D eigenvalue weighted by atomic mass is 9.79. The number of esters is 1. The number of halogens is 4. The zero-order valence-corrected chi connectivity index (χ0v) is 22.4. The number of unbranched alkanes of at least 4 members (excludes halogenated alkanes) is 3. The summed E-state index contributed by atoms with van der Waals surface area (Å²) in [6.45, 7) is 4.54. The fraction of sp³-hybridized carbons (Fsp3) is 0.406. The molecule has 0 unspecified atom stereocenters. The highest BCUT2D eigenvalue weighted by molar-refractivity contribution is 5.91. The van der Waals surface area contributed by atoms with Gasteiger partial charge in [0.15, 0.2) is 23.1 Å². The minimum Gasteiger partial charge on any atom is -0.490 e. The maximum Gasteiger partial charge on any atom is 0.343 e. The van der Waals surface area contributed by atoms with Crippen molar-refractivity contribution in [3.05, 3.63) is 82.9 Å². The molecule has 208 valence electrons. The van der Waals surface area contributed by atoms with Gasteiger partial charge < -0.3 is 9.47 Å². The average Bonchev–Trinajstić information content (AvgIpc) is 2.94. The van der Waals surface area contributed by atoms with Gasteiger partial charge in [-0.15, -0.1) is 0 Å². The Morgan fingerprint density at radius 2 is 1.44 bits per heavy atom. The van der Waals surface area contributed by atoms with E-state index in [-0.39, 0.29) is 22.8 Å². The molecule has 0 bridgehead atoms. The van der Waals surface area contributed by atoms with Crippen molar-refractivity contribution in [2.24, 2.45) is 5.92 Å². The van der Waals surface area contributed by atoms with Gasteiger partial charge in [0.1, 0.15) is 0 Å². The summed E-state index contributed by atoms with van der Waals surface area (Å²) in [6.07, 6.45) is 7.36. The van der Waals surface area contributed by atoms with Crippen LogP contribution in [0.5, 0.6) is 11.5 Å². The van der Waals surface area contributed by atoms with Crippen LogP contribution < -0.4 is 9.47 Å². The van der Waals surface area contributed by atoms with Crippen molar-refractivity contribution in [3.63, 3.8) is 0 Å². The van der Waals surface area contributed by atoms with E-state index in [0.29, 0.717) is 23.7 Å². The number of carbonyl (C=O) groups is 1. The molecule has 1 aliphatic rings. The largest absolute Gasteiger partial charge is 0.490 e. The lowest BCUT2D eigenvalue weighted by molar-refractivity contribution is 0.0726. The summed E-state index contributed by atoms with van der Waals surface area (Å²) in [4.78, 5) is 12.6. The summed E-state index contributed by atoms with van der Waals surface area (Å²) in [7, 11) is 0. The maximum absolute atomic E-state index is 14.8. The molecule has 4 rings (SSSR count). The Morgan fingerprint density at radius 1 is 0.769 bits per heavy atom. The number of carbonyl (C=O) groups excluding carboxylic acids is 1. The molecule has 0 aliphatic heterocycles. The predicted octanol–water partition coefficient (Wildman–Crippen LogP) is 9.38. The average molecular weight is 543 g/mol. The van der Waals surface area contributed by atoms with E-state index in [1.54, 1.807) is 0 Å². The topological polar surface area (TPSA) is 35.5 Å². The Kier molecular flexibility index (Phi) is 9.65. The summed E-state index contributed by atoms with van der Waals surface area (Å²) < 4.78 is 69.4. The first kappa shape index (κ1) is 28.7. The molecule has 1 aliphatic carbocycles. The zero-order chi connectivity index (χ0) is 27.9. The highest BCUT2D eigenvalue weighted by Gasteiger charge is 2.26. The molecule has 0 atom stereocenters. The van der Waals surface area contributed by atoms with Crippen molar-refractivity contribution in [2.45, 2.75) is 71.1 Å². The van der Waals surface area contributed by atoms with Crippen LogP contribution in [0.15, 0.2) is 48.5 Å². The number of benzene rings is 3. The Hall–Kier alpha value is -3.35. The molecule has 0 amide bonds. The molecule has 3 aromatic rings. The van der Waals surface area contributed by atoms with E-state index in [2.05, 4.69) is 13.8 Å². The second-order valence-corrected chi connectivity index (χ2v) is 10.4. The van der Waals surface area contributed by atoms with E-state index < -0.39 is 35.0 Å². The monoisotopic (exact) mass is 542 g/mol. The Bertz CT molecular complexity index is 1280. The number of ether oxygens (including phenoxy) is 2. The van der Waals surface area contributed by atoms with Crippen LogP contribution in [0, 0.1) is 29.2 Å². The van der Waals surface area contributed by atoms with Crippen molar-refractivity contribution in [2.75, 3.05) is 6.61 Å². The van der Waals surface area contributed by atoms with Gasteiger partial charge in [-0.2, -0.15) is 8.78 Å². The predicted molar refractivity (Wildman–Crippen MR) is 143 cm³/mol. The molecule has 1 saturated carbocycles. The molecule has 3 nitrogen and oxygen atoms in total. The fourth-order valence-corrected chi connectivity index (χ4v) is 5.03. The first-order chi connectivity index (χ1) is 18.8. The molecule has 3 aromatic carbocycles. The van der Waals surface area contributed by atoms with Crippen LogP contribution in [0.1, 0.15) is 87.1 Å². The summed E-state index contributed by atoms with van der Waals surface area (Å²) in [5, 5.41) is 0. The minimum atomic E-state index is -1.19. The molecule has 0 heterocycles. The minimum absolute atomic E-state index is 0.00608. The fourth-order valence-electron chi connectivity index (χ4n) is 5.03. The normalized spacial score (nSPS) is 17.2. The molecule has 0 N–H and O–H groups in total. The van der Waals surface area contributed by atoms with E-state index in [4.69, 9.17) is 9.47 Å². The van der Waals surface area contributed by atoms with Gasteiger partial charge in [-0.3, -0.25) is 0 Å². The number of hydrogen-bond donors (Lipinski definition) is 0. The van der Waals surface area contributed by atoms with Gasteiger partial charge in [-0.25, -0.2) is 13.6 Å². The first-order valence-corrected chi connectivity index (χ1v) is 13.7. The molecular weight excluding hydrogens is 508 g/mol. The van der Waals surface area contributed by atoms with Crippen molar-refractivity contribution >= 4 is 5.97 Å². The first-order valence-electron chi connectivity index (χ1n) is 13.7. The standard InChI is InChI=1S/C32H34F4O3/c1-3-4-5-6-19-38-26-17-15-24(28(33)30(26)35)22-11-13-23(14-12-22)32(37)39-27-18-16-25(29(34)31(27)36)21-9-7-20(2)8-10-21/h11-18,20-21H,3-10,19H2,1-2H3. The van der Waals surface area contributed by atoms with Gasteiger partial charge in [0.25, 0.3) is 0 Å². The van der Waals surface area contributed by atoms with E-state index in [1.807, 2.05) is 0 Å². The Morgan fingerprint density at radius 3 is 2.13 bits per heavy atom. The molecular formula is C32H34F4O3. The number of rotatable bonds is 10. The van der Waals surface area contributed by atoms with Crippen LogP contribution in [-0.4, -0.2) is 12.6 Å². The third kappa shape index (κ3) is 6.81. The van der Waals surface area contributed by atoms with Crippen LogP contribution >= 0.6 is 0 Å². The van der Waals surface area contributed by atoms with Crippen molar-refractivity contribution in [1.29, 1.82) is 0 Å². The van der Waals surface area contributed by atoms with Crippen LogP contribution in [0.25, 0.3) is 11.1 Å². The van der Waals surface area contributed by atoms with Gasteiger partial charge in [0.05, 0.1) is 12.2 Å². The highest BCUT2D eigenvalue weighted by atomic mass is 19.2. The molecule has 0 radical (unpaired) electrons. The van der Waals surface area contributed by atoms with Gasteiger partial charge in [0, 0.05) is 5.56 Å². The third-order valence-corrected chi connectivity index (χ3v) is 7.47. The quantitative estimate of drug-likeness (QED) is 0.111. The van der Waals surface area contributed by atoms with Crippen molar-refractivity contribution in [3.8, 4) is 22.6 Å². The lowest BCUT2D eigenvalue weighted by Gasteiger charge is -2.27. The van der Waals surface area contributed by atoms with Crippen LogP contribution in [0.2, 0.25) is 0 Å². The second-order valence-electron chi connectivity index (χ2n) is 10.4.